The molecule has 1 aromatic rings. The predicted octanol–water partition coefficient (Wildman–Crippen LogP) is 1.50. The summed E-state index contributed by atoms with van der Waals surface area (Å²) in [7, 11) is -4.22. The molecule has 0 aliphatic carbocycles. The monoisotopic (exact) mass is 337 g/mol. The lowest BCUT2D eigenvalue weighted by molar-refractivity contribution is -0.385. The van der Waals surface area contributed by atoms with E-state index in [0.29, 0.717) is 0 Å². The smallest absolute Gasteiger partial charge is 0.422 e. The Morgan fingerprint density at radius 1 is 1.48 bits per heavy atom. The minimum atomic E-state index is -4.22. The highest BCUT2D eigenvalue weighted by Gasteiger charge is 2.23. The number of nitrogens with one attached hydrogen (secondary N) is 2. The zero-order chi connectivity index (χ0) is 16.2. The average Bonchev–Trinajstić information content (AvgIpc) is 2.39. The molecule has 0 heterocycles. The van der Waals surface area contributed by atoms with Gasteiger partial charge in [-0.2, -0.15) is 0 Å². The fourth-order valence-corrected chi connectivity index (χ4v) is 2.47. The molecule has 0 aromatic heterocycles. The summed E-state index contributed by atoms with van der Waals surface area (Å²) in [5.41, 5.74) is 1.49. The van der Waals surface area contributed by atoms with E-state index in [-0.39, 0.29) is 17.2 Å². The Morgan fingerprint density at radius 2 is 2.10 bits per heavy atom. The number of benzene rings is 1. The maximum atomic E-state index is 11.9. The van der Waals surface area contributed by atoms with Gasteiger partial charge < -0.3 is 4.74 Å². The molecule has 0 spiro atoms. The second kappa shape index (κ2) is 6.70. The van der Waals surface area contributed by atoms with Gasteiger partial charge in [0.1, 0.15) is 0 Å². The van der Waals surface area contributed by atoms with Crippen LogP contribution in [0.4, 0.5) is 10.5 Å². The molecule has 21 heavy (non-hydrogen) atoms. The van der Waals surface area contributed by atoms with Crippen LogP contribution in [0.25, 0.3) is 0 Å². The highest BCUT2D eigenvalue weighted by Crippen LogP contribution is 2.29. The minimum Gasteiger partial charge on any atom is -0.449 e. The number of carbonyl (C=O) groups excluding carboxylic acids is 1. The van der Waals surface area contributed by atoms with Crippen LogP contribution < -0.4 is 10.3 Å². The summed E-state index contributed by atoms with van der Waals surface area (Å²) in [5, 5.41) is 10.8. The van der Waals surface area contributed by atoms with E-state index in [1.165, 1.54) is 13.8 Å². The van der Waals surface area contributed by atoms with Crippen molar-refractivity contribution >= 4 is 33.4 Å². The maximum absolute atomic E-state index is 11.9. The third-order valence-electron chi connectivity index (χ3n) is 2.36. The Bertz CT molecular complexity index is 676. The largest absolute Gasteiger partial charge is 0.449 e. The van der Waals surface area contributed by atoms with Crippen molar-refractivity contribution in [1.29, 1.82) is 0 Å². The van der Waals surface area contributed by atoms with Crippen molar-refractivity contribution in [2.24, 2.45) is 0 Å². The minimum absolute atomic E-state index is 0.0510. The normalized spacial score (nSPS) is 11.0. The van der Waals surface area contributed by atoms with Crippen molar-refractivity contribution < 1.29 is 22.9 Å². The van der Waals surface area contributed by atoms with E-state index >= 15 is 0 Å². The van der Waals surface area contributed by atoms with Crippen LogP contribution in [0.2, 0.25) is 5.02 Å². The van der Waals surface area contributed by atoms with Crippen molar-refractivity contribution in [3.05, 3.63) is 32.8 Å². The second-order valence-corrected chi connectivity index (χ2v) is 5.85. The lowest BCUT2D eigenvalue weighted by Gasteiger charge is -2.09. The molecule has 116 valence electrons. The molecule has 0 atom stereocenters. The fraction of sp³-hybridized carbons (Fsp3) is 0.300. The molecule has 0 bridgehead atoms. The summed E-state index contributed by atoms with van der Waals surface area (Å²) in [5.74, 6) is 0. The van der Waals surface area contributed by atoms with Gasteiger partial charge in [0.25, 0.3) is 15.7 Å². The van der Waals surface area contributed by atoms with Crippen molar-refractivity contribution in [3.8, 4) is 0 Å². The Labute approximate surface area is 125 Å². The van der Waals surface area contributed by atoms with Crippen LogP contribution in [0.3, 0.4) is 0 Å². The van der Waals surface area contributed by atoms with E-state index in [1.807, 2.05) is 0 Å². The summed E-state index contributed by atoms with van der Waals surface area (Å²) in [4.78, 5) is 22.4. The van der Waals surface area contributed by atoms with Crippen molar-refractivity contribution in [3.63, 3.8) is 0 Å². The third kappa shape index (κ3) is 4.28. The standard InChI is InChI=1S/C10H12ClN3O6S/c1-3-20-10(15)12-13-21(18,19)7-4-8(11)6(2)9(5-7)14(16)17/h4-5,13H,3H2,1-2H3,(H,12,15). The van der Waals surface area contributed by atoms with Crippen LogP contribution >= 0.6 is 11.6 Å². The summed E-state index contributed by atoms with van der Waals surface area (Å²) in [6.07, 6.45) is -1.01. The van der Waals surface area contributed by atoms with E-state index in [9.17, 15) is 23.3 Å². The van der Waals surface area contributed by atoms with Crippen molar-refractivity contribution in [2.45, 2.75) is 18.7 Å². The van der Waals surface area contributed by atoms with Gasteiger partial charge >= 0.3 is 6.09 Å². The molecule has 0 aliphatic heterocycles. The Morgan fingerprint density at radius 3 is 2.62 bits per heavy atom. The van der Waals surface area contributed by atoms with Gasteiger partial charge in [0.15, 0.2) is 0 Å². The molecule has 11 heteroatoms. The first kappa shape index (κ1) is 17.1. The molecule has 9 nitrogen and oxygen atoms in total. The van der Waals surface area contributed by atoms with E-state index in [4.69, 9.17) is 11.6 Å². The molecular weight excluding hydrogens is 326 g/mol. The van der Waals surface area contributed by atoms with E-state index in [1.54, 1.807) is 10.3 Å². The summed E-state index contributed by atoms with van der Waals surface area (Å²) >= 11 is 5.77. The molecule has 2 N–H and O–H groups in total. The van der Waals surface area contributed by atoms with Gasteiger partial charge in [0.05, 0.1) is 21.4 Å². The van der Waals surface area contributed by atoms with Gasteiger partial charge in [0, 0.05) is 11.6 Å². The van der Waals surface area contributed by atoms with Crippen LogP contribution in [0.5, 0.6) is 0 Å². The molecule has 1 rings (SSSR count). The lowest BCUT2D eigenvalue weighted by Crippen LogP contribution is -2.41. The van der Waals surface area contributed by atoms with E-state index in [0.717, 1.165) is 12.1 Å². The molecule has 1 aromatic carbocycles. The van der Waals surface area contributed by atoms with E-state index in [2.05, 4.69) is 4.74 Å². The molecule has 1 amide bonds. The summed E-state index contributed by atoms with van der Waals surface area (Å²) < 4.78 is 28.3. The van der Waals surface area contributed by atoms with Crippen molar-refractivity contribution in [1.82, 2.24) is 10.3 Å². The first-order valence-electron chi connectivity index (χ1n) is 5.58. The lowest BCUT2D eigenvalue weighted by atomic mass is 10.2. The molecule has 0 aliphatic rings. The number of rotatable bonds is 5. The number of nitrogens with zero attached hydrogens (tertiary/aromatic N) is 1. The number of nitro groups is 1. The van der Waals surface area contributed by atoms with Gasteiger partial charge in [-0.3, -0.25) is 10.1 Å². The van der Waals surface area contributed by atoms with Crippen LogP contribution in [0.1, 0.15) is 12.5 Å². The first-order chi connectivity index (χ1) is 9.69. The first-order valence-corrected chi connectivity index (χ1v) is 7.44. The number of amides is 1. The van der Waals surface area contributed by atoms with Crippen LogP contribution in [0.15, 0.2) is 17.0 Å². The number of nitro benzene ring substituents is 1. The van der Waals surface area contributed by atoms with Gasteiger partial charge in [-0.05, 0) is 19.9 Å². The molecule has 0 saturated carbocycles. The Kier molecular flexibility index (Phi) is 5.47. The summed E-state index contributed by atoms with van der Waals surface area (Å²) in [6, 6.07) is 1.88. The summed E-state index contributed by atoms with van der Waals surface area (Å²) in [6.45, 7) is 2.98. The SMILES string of the molecule is CCOC(=O)NNS(=O)(=O)c1cc(Cl)c(C)c([N+](=O)[O-])c1. The molecule has 0 saturated heterocycles. The number of hydrogen-bond acceptors (Lipinski definition) is 6. The third-order valence-corrected chi connectivity index (χ3v) is 3.98. The van der Waals surface area contributed by atoms with Gasteiger partial charge in [0.2, 0.25) is 0 Å². The van der Waals surface area contributed by atoms with Crippen molar-refractivity contribution in [2.75, 3.05) is 6.61 Å². The highest BCUT2D eigenvalue weighted by atomic mass is 35.5. The number of carbonyl (C=O) groups is 1. The molecule has 0 unspecified atom stereocenters. The number of hydrazine groups is 1. The predicted molar refractivity (Wildman–Crippen MR) is 73.3 cm³/mol. The highest BCUT2D eigenvalue weighted by molar-refractivity contribution is 7.89. The number of ether oxygens (including phenoxy) is 1. The number of sulfonamides is 1. The molecule has 0 radical (unpaired) electrons. The fourth-order valence-electron chi connectivity index (χ4n) is 1.32. The number of hydrogen-bond donors (Lipinski definition) is 2. The second-order valence-electron chi connectivity index (χ2n) is 3.76. The maximum Gasteiger partial charge on any atom is 0.422 e. The van der Waals surface area contributed by atoms with Crippen LogP contribution in [-0.2, 0) is 14.8 Å². The zero-order valence-electron chi connectivity index (χ0n) is 11.0. The topological polar surface area (TPSA) is 128 Å². The zero-order valence-corrected chi connectivity index (χ0v) is 12.6. The average molecular weight is 338 g/mol. The number of halogens is 1. The Hall–Kier alpha value is -1.91. The van der Waals surface area contributed by atoms with Gasteiger partial charge in [-0.1, -0.05) is 11.6 Å². The quantitative estimate of drug-likeness (QED) is 0.619. The van der Waals surface area contributed by atoms with E-state index < -0.39 is 31.6 Å². The molecular formula is C10H12ClN3O6S. The van der Waals surface area contributed by atoms with Gasteiger partial charge in [-0.25, -0.2) is 18.6 Å². The van der Waals surface area contributed by atoms with Crippen LogP contribution in [0, 0.1) is 17.0 Å². The van der Waals surface area contributed by atoms with Gasteiger partial charge in [-0.15, -0.1) is 4.83 Å². The van der Waals surface area contributed by atoms with Crippen LogP contribution in [-0.4, -0.2) is 26.0 Å². The Balaban J connectivity index is 3.09. The molecule has 0 fully saturated rings.